The summed E-state index contributed by atoms with van der Waals surface area (Å²) in [6, 6.07) is 20.0. The first-order chi connectivity index (χ1) is 16.8. The van der Waals surface area contributed by atoms with Gasteiger partial charge in [0.15, 0.2) is 0 Å². The number of sulfonamides is 1. The van der Waals surface area contributed by atoms with Crippen molar-refractivity contribution >= 4 is 21.6 Å². The molecule has 6 nitrogen and oxygen atoms in total. The Morgan fingerprint density at radius 1 is 0.857 bits per heavy atom. The van der Waals surface area contributed by atoms with Gasteiger partial charge in [0.05, 0.1) is 10.6 Å². The van der Waals surface area contributed by atoms with E-state index in [2.05, 4.69) is 39.2 Å². The number of carbonyl (C=O) groups excluding carboxylic acids is 1. The number of amides is 1. The van der Waals surface area contributed by atoms with E-state index in [9.17, 15) is 13.2 Å². The molecule has 0 radical (unpaired) electrons. The fraction of sp³-hybridized carbons (Fsp3) is 0.321. The Morgan fingerprint density at radius 3 is 2.17 bits per heavy atom. The predicted molar refractivity (Wildman–Crippen MR) is 140 cm³/mol. The molecule has 35 heavy (non-hydrogen) atoms. The van der Waals surface area contributed by atoms with Crippen LogP contribution in [-0.4, -0.2) is 32.3 Å². The molecule has 1 saturated heterocycles. The Hall–Kier alpha value is -3.16. The lowest BCUT2D eigenvalue weighted by Gasteiger charge is -2.26. The van der Waals surface area contributed by atoms with Crippen LogP contribution in [0.3, 0.4) is 0 Å². The Balaban J connectivity index is 1.33. The van der Waals surface area contributed by atoms with Crippen LogP contribution in [0.4, 0.5) is 5.69 Å². The number of carbonyl (C=O) groups is 1. The van der Waals surface area contributed by atoms with E-state index in [1.807, 2.05) is 6.92 Å². The van der Waals surface area contributed by atoms with Crippen molar-refractivity contribution in [1.29, 1.82) is 0 Å². The summed E-state index contributed by atoms with van der Waals surface area (Å²) in [6.07, 6.45) is 3.90. The van der Waals surface area contributed by atoms with Crippen LogP contribution in [0.2, 0.25) is 0 Å². The summed E-state index contributed by atoms with van der Waals surface area (Å²) in [7, 11) is -3.70. The van der Waals surface area contributed by atoms with Crippen molar-refractivity contribution in [1.82, 2.24) is 10.2 Å². The number of piperidine rings is 1. The topological polar surface area (TPSA) is 78.5 Å². The van der Waals surface area contributed by atoms with Gasteiger partial charge < -0.3 is 5.32 Å². The number of hydrogen-bond donors (Lipinski definition) is 2. The number of benzene rings is 3. The zero-order valence-electron chi connectivity index (χ0n) is 20.4. The van der Waals surface area contributed by atoms with Crippen molar-refractivity contribution in [2.45, 2.75) is 51.1 Å². The molecule has 1 heterocycles. The molecular formula is C28H33N3O3S. The van der Waals surface area contributed by atoms with Gasteiger partial charge in [-0.15, -0.1) is 0 Å². The van der Waals surface area contributed by atoms with Crippen LogP contribution in [-0.2, 0) is 23.1 Å². The smallest absolute Gasteiger partial charge is 0.261 e. The minimum absolute atomic E-state index is 0.196. The predicted octanol–water partition coefficient (Wildman–Crippen LogP) is 5.02. The molecule has 0 aliphatic carbocycles. The lowest BCUT2D eigenvalue weighted by atomic mass is 10.1. The first-order valence-electron chi connectivity index (χ1n) is 12.1. The molecule has 0 bridgehead atoms. The van der Waals surface area contributed by atoms with Crippen molar-refractivity contribution in [3.8, 4) is 0 Å². The van der Waals surface area contributed by atoms with Gasteiger partial charge >= 0.3 is 0 Å². The molecule has 0 atom stereocenters. The number of hydrogen-bond acceptors (Lipinski definition) is 4. The molecule has 2 N–H and O–H groups in total. The largest absolute Gasteiger partial charge is 0.348 e. The average molecular weight is 492 g/mol. The fourth-order valence-electron chi connectivity index (χ4n) is 4.26. The molecule has 4 rings (SSSR count). The SMILES string of the molecule is Cc1ccc(S(=O)(=O)Nc2ccc(C(=O)NCc3ccc(CN4CCCCC4)cc3)cc2C)cc1. The maximum atomic E-state index is 12.7. The van der Waals surface area contributed by atoms with Crippen molar-refractivity contribution in [3.05, 3.63) is 94.5 Å². The van der Waals surface area contributed by atoms with Gasteiger partial charge in [-0.05, 0) is 86.8 Å². The highest BCUT2D eigenvalue weighted by Crippen LogP contribution is 2.21. The quantitative estimate of drug-likeness (QED) is 0.464. The summed E-state index contributed by atoms with van der Waals surface area (Å²) in [5.41, 5.74) is 4.94. The van der Waals surface area contributed by atoms with E-state index < -0.39 is 10.0 Å². The van der Waals surface area contributed by atoms with E-state index in [0.29, 0.717) is 23.4 Å². The molecule has 7 heteroatoms. The van der Waals surface area contributed by atoms with Crippen molar-refractivity contribution in [2.75, 3.05) is 17.8 Å². The number of anilines is 1. The summed E-state index contributed by atoms with van der Waals surface area (Å²) >= 11 is 0. The second kappa shape index (κ2) is 11.1. The van der Waals surface area contributed by atoms with Crippen molar-refractivity contribution in [3.63, 3.8) is 0 Å². The molecular weight excluding hydrogens is 458 g/mol. The Bertz CT molecular complexity index is 1260. The van der Waals surface area contributed by atoms with E-state index in [1.165, 1.54) is 37.9 Å². The summed E-state index contributed by atoms with van der Waals surface area (Å²) < 4.78 is 28.0. The van der Waals surface area contributed by atoms with E-state index in [0.717, 1.165) is 17.7 Å². The van der Waals surface area contributed by atoms with Gasteiger partial charge in [-0.1, -0.05) is 48.4 Å². The molecule has 184 valence electrons. The second-order valence-corrected chi connectivity index (χ2v) is 11.0. The molecule has 1 amide bonds. The molecule has 1 aliphatic heterocycles. The van der Waals surface area contributed by atoms with Crippen LogP contribution in [0.15, 0.2) is 71.6 Å². The van der Waals surface area contributed by atoms with Gasteiger partial charge in [-0.25, -0.2) is 8.42 Å². The average Bonchev–Trinajstić information content (AvgIpc) is 2.85. The first kappa shape index (κ1) is 24.9. The van der Waals surface area contributed by atoms with Gasteiger partial charge in [-0.3, -0.25) is 14.4 Å². The minimum Gasteiger partial charge on any atom is -0.348 e. The van der Waals surface area contributed by atoms with Crippen LogP contribution < -0.4 is 10.0 Å². The number of aryl methyl sites for hydroxylation is 2. The standard InChI is InChI=1S/C28H33N3O3S/c1-21-6-13-26(14-7-21)35(33,34)30-27-15-12-25(18-22(27)2)28(32)29-19-23-8-10-24(11-9-23)20-31-16-4-3-5-17-31/h6-15,18,30H,3-5,16-17,19-20H2,1-2H3,(H,29,32). The number of rotatable bonds is 8. The highest BCUT2D eigenvalue weighted by atomic mass is 32.2. The third-order valence-corrected chi connectivity index (χ3v) is 7.78. The molecule has 3 aromatic rings. The highest BCUT2D eigenvalue weighted by molar-refractivity contribution is 7.92. The van der Waals surface area contributed by atoms with E-state index in [1.54, 1.807) is 49.4 Å². The van der Waals surface area contributed by atoms with Crippen LogP contribution in [0.1, 0.15) is 51.9 Å². The molecule has 0 unspecified atom stereocenters. The Morgan fingerprint density at radius 2 is 1.51 bits per heavy atom. The van der Waals surface area contributed by atoms with Crippen LogP contribution in [0.5, 0.6) is 0 Å². The zero-order valence-corrected chi connectivity index (χ0v) is 21.2. The first-order valence-corrected chi connectivity index (χ1v) is 13.6. The van der Waals surface area contributed by atoms with E-state index in [4.69, 9.17) is 0 Å². The highest BCUT2D eigenvalue weighted by Gasteiger charge is 2.16. The monoisotopic (exact) mass is 491 g/mol. The maximum Gasteiger partial charge on any atom is 0.261 e. The summed E-state index contributed by atoms with van der Waals surface area (Å²) in [4.78, 5) is 15.4. The van der Waals surface area contributed by atoms with Crippen molar-refractivity contribution < 1.29 is 13.2 Å². The molecule has 0 aromatic heterocycles. The molecule has 0 saturated carbocycles. The maximum absolute atomic E-state index is 12.7. The minimum atomic E-state index is -3.70. The Kier molecular flexibility index (Phi) is 7.88. The van der Waals surface area contributed by atoms with Gasteiger partial charge in [0.25, 0.3) is 15.9 Å². The zero-order chi connectivity index (χ0) is 24.8. The van der Waals surface area contributed by atoms with Crippen LogP contribution in [0, 0.1) is 13.8 Å². The molecule has 0 spiro atoms. The summed E-state index contributed by atoms with van der Waals surface area (Å²) in [6.45, 7) is 7.44. The number of nitrogens with zero attached hydrogens (tertiary/aromatic N) is 1. The van der Waals surface area contributed by atoms with E-state index >= 15 is 0 Å². The lowest BCUT2D eigenvalue weighted by molar-refractivity contribution is 0.0951. The summed E-state index contributed by atoms with van der Waals surface area (Å²) in [5.74, 6) is -0.196. The Labute approximate surface area is 208 Å². The van der Waals surface area contributed by atoms with Gasteiger partial charge in [0.1, 0.15) is 0 Å². The molecule has 1 aliphatic rings. The lowest BCUT2D eigenvalue weighted by Crippen LogP contribution is -2.29. The van der Waals surface area contributed by atoms with E-state index in [-0.39, 0.29) is 10.8 Å². The second-order valence-electron chi connectivity index (χ2n) is 9.28. The number of likely N-dealkylation sites (tertiary alicyclic amines) is 1. The van der Waals surface area contributed by atoms with Crippen LogP contribution >= 0.6 is 0 Å². The van der Waals surface area contributed by atoms with Gasteiger partial charge in [0, 0.05) is 18.7 Å². The van der Waals surface area contributed by atoms with Crippen molar-refractivity contribution in [2.24, 2.45) is 0 Å². The third kappa shape index (κ3) is 6.71. The van der Waals surface area contributed by atoms with Gasteiger partial charge in [-0.2, -0.15) is 0 Å². The fourth-order valence-corrected chi connectivity index (χ4v) is 5.39. The molecule has 3 aromatic carbocycles. The van der Waals surface area contributed by atoms with Gasteiger partial charge in [0.2, 0.25) is 0 Å². The van der Waals surface area contributed by atoms with Crippen LogP contribution in [0.25, 0.3) is 0 Å². The normalized spacial score (nSPS) is 14.5. The third-order valence-electron chi connectivity index (χ3n) is 6.40. The number of nitrogens with one attached hydrogen (secondary N) is 2. The molecule has 1 fully saturated rings. The summed E-state index contributed by atoms with van der Waals surface area (Å²) in [5, 5.41) is 2.95.